The highest BCUT2D eigenvalue weighted by Gasteiger charge is 2.51. The van der Waals surface area contributed by atoms with Gasteiger partial charge >= 0.3 is 0 Å². The van der Waals surface area contributed by atoms with Gasteiger partial charge in [-0.2, -0.15) is 10.5 Å². The molecule has 7 fully saturated rings. The molecule has 340 valence electrons. The van der Waals surface area contributed by atoms with Gasteiger partial charge in [-0.3, -0.25) is 9.59 Å². The van der Waals surface area contributed by atoms with Crippen LogP contribution in [0, 0.1) is 58.2 Å². The fourth-order valence-electron chi connectivity index (χ4n) is 12.2. The Morgan fingerprint density at radius 2 is 1.34 bits per heavy atom. The van der Waals surface area contributed by atoms with Crippen LogP contribution in [-0.4, -0.2) is 106 Å². The molecule has 5 saturated carbocycles. The number of ether oxygens (including phenoxy) is 2. The number of anilines is 2. The Balaban J connectivity index is 0.884. The number of hydrogen-bond acceptors (Lipinski definition) is 11. The lowest BCUT2D eigenvalue weighted by Gasteiger charge is -2.45. The Morgan fingerprint density at radius 3 is 1.91 bits per heavy atom. The number of carbonyl (C=O) groups is 2. The Hall–Kier alpha value is -4.30. The van der Waals surface area contributed by atoms with Crippen molar-refractivity contribution in [2.45, 2.75) is 154 Å². The number of fused-ring (bicyclic) bond motifs is 2. The van der Waals surface area contributed by atoms with Gasteiger partial charge < -0.3 is 34.2 Å². The van der Waals surface area contributed by atoms with Crippen molar-refractivity contribution in [2.24, 2.45) is 35.5 Å². The molecule has 2 aromatic rings. The summed E-state index contributed by atoms with van der Waals surface area (Å²) in [7, 11) is 0. The van der Waals surface area contributed by atoms with Crippen LogP contribution in [-0.2, 0) is 45.1 Å². The van der Waals surface area contributed by atoms with Crippen molar-refractivity contribution in [3.8, 4) is 12.1 Å². The highest BCUT2D eigenvalue weighted by molar-refractivity contribution is 5.83. The van der Waals surface area contributed by atoms with E-state index in [1.807, 2.05) is 0 Å². The predicted octanol–water partition coefficient (Wildman–Crippen LogP) is 6.11. The molecule has 7 atom stereocenters. The van der Waals surface area contributed by atoms with Gasteiger partial charge in [0.25, 0.3) is 0 Å². The average molecular weight is 871 g/mol. The lowest BCUT2D eigenvalue weighted by Crippen LogP contribution is -2.58. The number of rotatable bonds is 11. The molecule has 13 heteroatoms. The summed E-state index contributed by atoms with van der Waals surface area (Å²) in [6.07, 6.45) is 10.5. The van der Waals surface area contributed by atoms with Crippen molar-refractivity contribution in [2.75, 3.05) is 55.7 Å². The van der Waals surface area contributed by atoms with E-state index in [0.717, 1.165) is 103 Å². The summed E-state index contributed by atoms with van der Waals surface area (Å²) < 4.78 is 12.7. The van der Waals surface area contributed by atoms with Crippen LogP contribution in [0.15, 0.2) is 0 Å². The minimum absolute atomic E-state index is 0.0321. The van der Waals surface area contributed by atoms with Gasteiger partial charge in [0.15, 0.2) is 0 Å². The highest BCUT2D eigenvalue weighted by Crippen LogP contribution is 2.55. The van der Waals surface area contributed by atoms with Crippen LogP contribution in [0.2, 0.25) is 0 Å². The molecule has 0 radical (unpaired) electrons. The van der Waals surface area contributed by atoms with E-state index in [1.54, 1.807) is 0 Å². The van der Waals surface area contributed by atoms with Crippen LogP contribution in [0.4, 0.5) is 11.6 Å². The number of pyridine rings is 2. The van der Waals surface area contributed by atoms with E-state index >= 15 is 0 Å². The van der Waals surface area contributed by atoms with Gasteiger partial charge in [0.1, 0.15) is 23.8 Å². The molecule has 9 aliphatic rings. The van der Waals surface area contributed by atoms with Gasteiger partial charge in [-0.25, -0.2) is 9.97 Å². The van der Waals surface area contributed by atoms with Crippen LogP contribution < -0.4 is 9.80 Å². The molecule has 2 saturated heterocycles. The minimum atomic E-state index is -0.404. The second-order valence-electron chi connectivity index (χ2n) is 22.6. The van der Waals surface area contributed by atoms with Gasteiger partial charge in [-0.15, -0.1) is 0 Å². The second-order valence-corrected chi connectivity index (χ2v) is 22.6. The first-order chi connectivity index (χ1) is 30.8. The number of aromatic nitrogens is 2. The van der Waals surface area contributed by atoms with E-state index in [9.17, 15) is 25.2 Å². The summed E-state index contributed by atoms with van der Waals surface area (Å²) in [6, 6.07) is 5.29. The zero-order valence-electron chi connectivity index (χ0n) is 38.6. The van der Waals surface area contributed by atoms with Crippen molar-refractivity contribution in [1.29, 1.82) is 10.5 Å². The molecule has 2 aromatic heterocycles. The molecule has 0 bridgehead atoms. The van der Waals surface area contributed by atoms with E-state index in [0.29, 0.717) is 100 Å². The van der Waals surface area contributed by atoms with E-state index < -0.39 is 5.60 Å². The van der Waals surface area contributed by atoms with Crippen molar-refractivity contribution >= 4 is 23.5 Å². The molecular weight excluding hydrogens is 805 g/mol. The molecule has 1 N–H and O–H groups in total. The molecule has 64 heavy (non-hydrogen) atoms. The van der Waals surface area contributed by atoms with Crippen LogP contribution in [0.1, 0.15) is 149 Å². The smallest absolute Gasteiger partial charge is 0.226 e. The number of carbonyl (C=O) groups excluding carboxylic acids is 2. The van der Waals surface area contributed by atoms with Crippen LogP contribution >= 0.6 is 0 Å². The topological polar surface area (TPSA) is 159 Å². The third kappa shape index (κ3) is 7.75. The maximum atomic E-state index is 14.3. The fraction of sp³-hybridized carbons (Fsp3) is 0.725. The molecular formula is C51H66N8O5. The zero-order valence-corrected chi connectivity index (χ0v) is 38.6. The third-order valence-corrected chi connectivity index (χ3v) is 16.6. The van der Waals surface area contributed by atoms with Crippen molar-refractivity contribution < 1.29 is 24.2 Å². The summed E-state index contributed by atoms with van der Waals surface area (Å²) in [4.78, 5) is 47.5. The van der Waals surface area contributed by atoms with Gasteiger partial charge in [0.05, 0.1) is 59.0 Å². The monoisotopic (exact) mass is 871 g/mol. The largest absolute Gasteiger partial charge is 0.396 e. The first-order valence-corrected chi connectivity index (χ1v) is 24.7. The maximum absolute atomic E-state index is 14.3. The quantitative estimate of drug-likeness (QED) is 0.278. The Morgan fingerprint density at radius 1 is 0.750 bits per heavy atom. The highest BCUT2D eigenvalue weighted by atomic mass is 16.5. The summed E-state index contributed by atoms with van der Waals surface area (Å²) in [5, 5.41) is 31.6. The summed E-state index contributed by atoms with van der Waals surface area (Å²) >= 11 is 0. The first kappa shape index (κ1) is 42.3. The number of amides is 2. The van der Waals surface area contributed by atoms with E-state index in [2.05, 4.69) is 66.4 Å². The summed E-state index contributed by atoms with van der Waals surface area (Å²) in [5.74, 6) is 3.74. The van der Waals surface area contributed by atoms with Crippen molar-refractivity contribution in [1.82, 2.24) is 19.8 Å². The second kappa shape index (κ2) is 15.7. The Labute approximate surface area is 378 Å². The Bertz CT molecular complexity index is 2340. The SMILES string of the molecule is CC(CC1CC1c1nc(N2CCN(C(=O)C3CC3)C(C3CC3)C2)c(C#N)c2c1COC(C)(C)C2)C1CN(c2nc(C3CC3)c3c(c2C#N)CC(C)(C)OC3)CCN1C(=O)C1CC1CO. The van der Waals surface area contributed by atoms with Crippen LogP contribution in [0.25, 0.3) is 0 Å². The van der Waals surface area contributed by atoms with E-state index in [1.165, 1.54) is 0 Å². The number of aliphatic hydroxyl groups excluding tert-OH is 1. The lowest BCUT2D eigenvalue weighted by molar-refractivity contribution is -0.137. The molecule has 0 spiro atoms. The lowest BCUT2D eigenvalue weighted by atomic mass is 9.86. The van der Waals surface area contributed by atoms with Crippen LogP contribution in [0.3, 0.4) is 0 Å². The van der Waals surface area contributed by atoms with Crippen molar-refractivity contribution in [3.05, 3.63) is 44.8 Å². The fourth-order valence-corrected chi connectivity index (χ4v) is 12.2. The van der Waals surface area contributed by atoms with Gasteiger partial charge in [0, 0.05) is 93.5 Å². The first-order valence-electron chi connectivity index (χ1n) is 24.7. The van der Waals surface area contributed by atoms with Crippen LogP contribution in [0.5, 0.6) is 0 Å². The van der Waals surface area contributed by atoms with E-state index in [4.69, 9.17) is 19.4 Å². The predicted molar refractivity (Wildman–Crippen MR) is 239 cm³/mol. The number of nitrogens with zero attached hydrogens (tertiary/aromatic N) is 8. The molecule has 11 rings (SSSR count). The number of nitriles is 2. The number of hydrogen-bond donors (Lipinski definition) is 1. The van der Waals surface area contributed by atoms with Gasteiger partial charge in [-0.05, 0) is 120 Å². The molecule has 0 aromatic carbocycles. The molecule has 5 aliphatic carbocycles. The average Bonchev–Trinajstić information content (AvgIpc) is 4.06. The minimum Gasteiger partial charge on any atom is -0.396 e. The van der Waals surface area contributed by atoms with E-state index in [-0.39, 0.29) is 59.8 Å². The molecule has 2 amide bonds. The van der Waals surface area contributed by atoms with Gasteiger partial charge in [-0.1, -0.05) is 6.92 Å². The summed E-state index contributed by atoms with van der Waals surface area (Å²) in [5.41, 5.74) is 7.05. The third-order valence-electron chi connectivity index (χ3n) is 16.6. The molecule has 7 unspecified atom stereocenters. The molecule has 13 nitrogen and oxygen atoms in total. The normalized spacial score (nSPS) is 30.8. The standard InChI is InChI=1S/C51H66N8O5/c1-28(42-23-56(12-14-58(42)49(62)35-18-33(35)25-60)46-38(21-52)36-19-50(2,3)63-26-40(36)44(54-46)30-8-9-30)16-32-17-34(32)45-41-27-64-51(4,5)20-37(41)39(22-53)47(55-45)57-13-15-59(48(61)31-10-11-31)43(24-57)29-6-7-29/h28-35,42-43,60H,6-20,23-27H2,1-5H3. The number of piperazine rings is 2. The van der Waals surface area contributed by atoms with Crippen molar-refractivity contribution in [3.63, 3.8) is 0 Å². The zero-order chi connectivity index (χ0) is 44.4. The maximum Gasteiger partial charge on any atom is 0.226 e. The Kier molecular flexibility index (Phi) is 10.4. The number of aliphatic hydroxyl groups is 1. The molecule has 4 aliphatic heterocycles. The van der Waals surface area contributed by atoms with Gasteiger partial charge in [0.2, 0.25) is 11.8 Å². The molecule has 6 heterocycles. The summed E-state index contributed by atoms with van der Waals surface area (Å²) in [6.45, 7) is 15.5.